The molecule has 2 amide bonds. The molecule has 0 spiro atoms. The van der Waals surface area contributed by atoms with Gasteiger partial charge in [0.2, 0.25) is 5.91 Å². The van der Waals surface area contributed by atoms with E-state index in [4.69, 9.17) is 9.47 Å². The van der Waals surface area contributed by atoms with Crippen LogP contribution in [0.25, 0.3) is 0 Å². The Kier molecular flexibility index (Phi) is 8.65. The zero-order valence-corrected chi connectivity index (χ0v) is 18.0. The second-order valence-electron chi connectivity index (χ2n) is 7.02. The molecule has 32 heavy (non-hydrogen) atoms. The zero-order valence-electron chi connectivity index (χ0n) is 18.0. The van der Waals surface area contributed by atoms with Crippen LogP contribution in [-0.4, -0.2) is 38.7 Å². The molecule has 7 heteroatoms. The fourth-order valence-electron chi connectivity index (χ4n) is 2.94. The number of hydrogen-bond donors (Lipinski definition) is 3. The summed E-state index contributed by atoms with van der Waals surface area (Å²) in [6, 6.07) is 23.9. The molecule has 0 bridgehead atoms. The summed E-state index contributed by atoms with van der Waals surface area (Å²) in [6.45, 7) is 1.44. The third-order valence-corrected chi connectivity index (χ3v) is 4.55. The van der Waals surface area contributed by atoms with Crippen LogP contribution in [0.5, 0.6) is 5.75 Å². The van der Waals surface area contributed by atoms with E-state index in [-0.39, 0.29) is 18.4 Å². The summed E-state index contributed by atoms with van der Waals surface area (Å²) in [4.78, 5) is 24.8. The number of amides is 2. The first-order valence-corrected chi connectivity index (χ1v) is 10.3. The predicted octanol–water partition coefficient (Wildman–Crippen LogP) is 3.69. The molecule has 3 aromatic rings. The van der Waals surface area contributed by atoms with Crippen LogP contribution in [0.1, 0.15) is 15.9 Å². The number of carbonyl (C=O) groups is 2. The molecule has 166 valence electrons. The summed E-state index contributed by atoms with van der Waals surface area (Å²) in [6.07, 6.45) is 0. The monoisotopic (exact) mass is 433 g/mol. The maximum absolute atomic E-state index is 12.4. The minimum atomic E-state index is -0.210. The first kappa shape index (κ1) is 22.8. The zero-order chi connectivity index (χ0) is 22.6. The molecule has 3 rings (SSSR count). The minimum Gasteiger partial charge on any atom is -0.491 e. The average Bonchev–Trinajstić information content (AvgIpc) is 2.82. The summed E-state index contributed by atoms with van der Waals surface area (Å²) in [7, 11) is 1.61. The molecular formula is C25H27N3O4. The molecule has 0 aliphatic carbocycles. The molecule has 0 fully saturated rings. The highest BCUT2D eigenvalue weighted by molar-refractivity contribution is 5.96. The fourth-order valence-corrected chi connectivity index (χ4v) is 2.94. The van der Waals surface area contributed by atoms with Gasteiger partial charge < -0.3 is 25.4 Å². The van der Waals surface area contributed by atoms with Crippen LogP contribution in [0.4, 0.5) is 11.4 Å². The molecule has 7 nitrogen and oxygen atoms in total. The van der Waals surface area contributed by atoms with E-state index in [0.29, 0.717) is 42.4 Å². The van der Waals surface area contributed by atoms with Gasteiger partial charge in [0.15, 0.2) is 0 Å². The maximum Gasteiger partial charge on any atom is 0.251 e. The lowest BCUT2D eigenvalue weighted by molar-refractivity contribution is -0.114. The fraction of sp³-hybridized carbons (Fsp3) is 0.200. The number of hydrogen-bond acceptors (Lipinski definition) is 5. The molecule has 0 saturated carbocycles. The summed E-state index contributed by atoms with van der Waals surface area (Å²) in [5.41, 5.74) is 2.87. The Labute approximate surface area is 187 Å². The summed E-state index contributed by atoms with van der Waals surface area (Å²) < 4.78 is 10.5. The van der Waals surface area contributed by atoms with Gasteiger partial charge in [-0.2, -0.15) is 0 Å². The lowest BCUT2D eigenvalue weighted by Gasteiger charge is -2.11. The molecule has 0 atom stereocenters. The van der Waals surface area contributed by atoms with Crippen LogP contribution in [0.2, 0.25) is 0 Å². The van der Waals surface area contributed by atoms with Gasteiger partial charge in [0.1, 0.15) is 12.4 Å². The second kappa shape index (κ2) is 12.1. The second-order valence-corrected chi connectivity index (χ2v) is 7.02. The van der Waals surface area contributed by atoms with Crippen molar-refractivity contribution in [3.05, 3.63) is 90.0 Å². The normalized spacial score (nSPS) is 10.3. The highest BCUT2D eigenvalue weighted by Gasteiger charge is 2.08. The SMILES string of the molecule is COCCOc1cccc(NC(=O)CNc2cccc(C(=O)NCc3ccccc3)c2)c1. The molecular weight excluding hydrogens is 406 g/mol. The number of anilines is 2. The van der Waals surface area contributed by atoms with Crippen LogP contribution in [0.15, 0.2) is 78.9 Å². The van der Waals surface area contributed by atoms with E-state index in [1.165, 1.54) is 0 Å². The number of ether oxygens (including phenoxy) is 2. The number of nitrogens with one attached hydrogen (secondary N) is 3. The lowest BCUT2D eigenvalue weighted by atomic mass is 10.1. The molecule has 0 aliphatic rings. The quantitative estimate of drug-likeness (QED) is 0.402. The largest absolute Gasteiger partial charge is 0.491 e. The van der Waals surface area contributed by atoms with Crippen molar-refractivity contribution in [3.63, 3.8) is 0 Å². The van der Waals surface area contributed by atoms with E-state index in [2.05, 4.69) is 16.0 Å². The smallest absolute Gasteiger partial charge is 0.251 e. The van der Waals surface area contributed by atoms with Crippen LogP contribution < -0.4 is 20.7 Å². The van der Waals surface area contributed by atoms with E-state index >= 15 is 0 Å². The Hall–Kier alpha value is -3.84. The number of carbonyl (C=O) groups excluding carboxylic acids is 2. The summed E-state index contributed by atoms with van der Waals surface area (Å²) in [5.74, 6) is 0.271. The van der Waals surface area contributed by atoms with Crippen LogP contribution in [-0.2, 0) is 16.1 Å². The maximum atomic E-state index is 12.4. The Morgan fingerprint density at radius 2 is 1.62 bits per heavy atom. The predicted molar refractivity (Wildman–Crippen MR) is 125 cm³/mol. The standard InChI is InChI=1S/C25H27N3O4/c1-31-13-14-32-23-12-6-11-22(16-23)28-24(29)18-26-21-10-5-9-20(15-21)25(30)27-17-19-7-3-2-4-8-19/h2-12,15-16,26H,13-14,17-18H2,1H3,(H,27,30)(H,28,29). The third-order valence-electron chi connectivity index (χ3n) is 4.55. The third kappa shape index (κ3) is 7.45. The van der Waals surface area contributed by atoms with Crippen molar-refractivity contribution in [2.75, 3.05) is 37.5 Å². The van der Waals surface area contributed by atoms with Gasteiger partial charge in [0.25, 0.3) is 5.91 Å². The van der Waals surface area contributed by atoms with Crippen LogP contribution in [0.3, 0.4) is 0 Å². The van der Waals surface area contributed by atoms with Gasteiger partial charge in [-0.15, -0.1) is 0 Å². The van der Waals surface area contributed by atoms with Gasteiger partial charge in [-0.25, -0.2) is 0 Å². The first-order valence-electron chi connectivity index (χ1n) is 10.3. The van der Waals surface area contributed by atoms with Crippen molar-refractivity contribution < 1.29 is 19.1 Å². The van der Waals surface area contributed by atoms with E-state index in [9.17, 15) is 9.59 Å². The Balaban J connectivity index is 1.48. The van der Waals surface area contributed by atoms with Crippen molar-refractivity contribution in [3.8, 4) is 5.75 Å². The summed E-state index contributed by atoms with van der Waals surface area (Å²) in [5, 5.41) is 8.78. The van der Waals surface area contributed by atoms with E-state index in [1.54, 1.807) is 37.4 Å². The molecule has 0 heterocycles. The van der Waals surface area contributed by atoms with Gasteiger partial charge in [0, 0.05) is 36.7 Å². The van der Waals surface area contributed by atoms with Crippen molar-refractivity contribution in [2.45, 2.75) is 6.54 Å². The first-order chi connectivity index (χ1) is 15.6. The van der Waals surface area contributed by atoms with Gasteiger partial charge in [-0.1, -0.05) is 42.5 Å². The van der Waals surface area contributed by atoms with Crippen molar-refractivity contribution in [1.29, 1.82) is 0 Å². The lowest BCUT2D eigenvalue weighted by Crippen LogP contribution is -2.23. The molecule has 0 unspecified atom stereocenters. The molecule has 0 saturated heterocycles. The van der Waals surface area contributed by atoms with E-state index in [0.717, 1.165) is 5.56 Å². The van der Waals surface area contributed by atoms with Gasteiger partial charge in [-0.05, 0) is 35.9 Å². The van der Waals surface area contributed by atoms with Crippen molar-refractivity contribution in [2.24, 2.45) is 0 Å². The number of benzene rings is 3. The number of rotatable bonds is 11. The van der Waals surface area contributed by atoms with Crippen LogP contribution >= 0.6 is 0 Å². The molecule has 0 aromatic heterocycles. The minimum absolute atomic E-state index is 0.0594. The van der Waals surface area contributed by atoms with E-state index < -0.39 is 0 Å². The molecule has 0 aliphatic heterocycles. The Morgan fingerprint density at radius 3 is 2.44 bits per heavy atom. The topological polar surface area (TPSA) is 88.7 Å². The summed E-state index contributed by atoms with van der Waals surface area (Å²) >= 11 is 0. The molecule has 0 radical (unpaired) electrons. The van der Waals surface area contributed by atoms with Crippen LogP contribution in [0, 0.1) is 0 Å². The van der Waals surface area contributed by atoms with Crippen molar-refractivity contribution in [1.82, 2.24) is 5.32 Å². The highest BCUT2D eigenvalue weighted by Crippen LogP contribution is 2.17. The molecule has 3 N–H and O–H groups in total. The van der Waals surface area contributed by atoms with E-state index in [1.807, 2.05) is 48.5 Å². The number of methoxy groups -OCH3 is 1. The Bertz CT molecular complexity index is 1020. The van der Waals surface area contributed by atoms with Crippen molar-refractivity contribution >= 4 is 23.2 Å². The van der Waals surface area contributed by atoms with Gasteiger partial charge >= 0.3 is 0 Å². The Morgan fingerprint density at radius 1 is 0.844 bits per heavy atom. The van der Waals surface area contributed by atoms with Gasteiger partial charge in [-0.3, -0.25) is 9.59 Å². The molecule has 3 aromatic carbocycles. The highest BCUT2D eigenvalue weighted by atomic mass is 16.5. The average molecular weight is 434 g/mol. The van der Waals surface area contributed by atoms with Gasteiger partial charge in [0.05, 0.1) is 13.2 Å².